The van der Waals surface area contributed by atoms with Gasteiger partial charge in [0, 0.05) is 5.56 Å². The molecule has 0 radical (unpaired) electrons. The van der Waals surface area contributed by atoms with E-state index in [0.29, 0.717) is 31.5 Å². The first-order valence-electron chi connectivity index (χ1n) is 6.61. The van der Waals surface area contributed by atoms with Gasteiger partial charge in [-0.3, -0.25) is 14.6 Å². The Morgan fingerprint density at radius 1 is 1.55 bits per heavy atom. The minimum absolute atomic E-state index is 0.378. The Hall–Kier alpha value is -1.57. The molecule has 1 aliphatic rings. The van der Waals surface area contributed by atoms with Crippen LogP contribution in [0.2, 0.25) is 0 Å². The van der Waals surface area contributed by atoms with E-state index in [0.717, 1.165) is 5.56 Å². The highest BCUT2D eigenvalue weighted by Crippen LogP contribution is 2.33. The highest BCUT2D eigenvalue weighted by molar-refractivity contribution is 7.93. The Morgan fingerprint density at radius 3 is 2.95 bits per heavy atom. The third-order valence-electron chi connectivity index (χ3n) is 3.70. The van der Waals surface area contributed by atoms with E-state index in [4.69, 9.17) is 0 Å². The molecule has 0 bridgehead atoms. The lowest BCUT2D eigenvalue weighted by atomic mass is 10.1. The second-order valence-electron chi connectivity index (χ2n) is 4.87. The van der Waals surface area contributed by atoms with Gasteiger partial charge in [0.1, 0.15) is 5.82 Å². The summed E-state index contributed by atoms with van der Waals surface area (Å²) >= 11 is 0. The maximum atomic E-state index is 12.4. The molecule has 1 aromatic heterocycles. The number of aromatic nitrogens is 2. The van der Waals surface area contributed by atoms with Crippen LogP contribution in [0.1, 0.15) is 31.7 Å². The van der Waals surface area contributed by atoms with Crippen LogP contribution >= 0.6 is 0 Å². The molecule has 112 valence electrons. The molecule has 0 aliphatic heterocycles. The lowest BCUT2D eigenvalue weighted by Crippen LogP contribution is -2.35. The van der Waals surface area contributed by atoms with Gasteiger partial charge in [0.15, 0.2) is 0 Å². The molecule has 8 heteroatoms. The molecule has 1 aromatic rings. The zero-order valence-electron chi connectivity index (χ0n) is 11.5. The minimum Gasteiger partial charge on any atom is -0.469 e. The maximum Gasteiger partial charge on any atom is 0.310 e. The number of sulfonamides is 1. The van der Waals surface area contributed by atoms with Crippen molar-refractivity contribution < 1.29 is 17.9 Å². The highest BCUT2D eigenvalue weighted by Gasteiger charge is 2.42. The fourth-order valence-electron chi connectivity index (χ4n) is 2.60. The zero-order chi connectivity index (χ0) is 14.8. The topological polar surface area (TPSA) is 101 Å². The van der Waals surface area contributed by atoms with Crippen molar-refractivity contribution in [2.75, 3.05) is 11.8 Å². The molecule has 2 N–H and O–H groups in total. The summed E-state index contributed by atoms with van der Waals surface area (Å²) < 4.78 is 32.1. The van der Waals surface area contributed by atoms with E-state index >= 15 is 0 Å². The normalized spacial score (nSPS) is 22.7. The van der Waals surface area contributed by atoms with Crippen LogP contribution in [0.4, 0.5) is 5.82 Å². The van der Waals surface area contributed by atoms with Gasteiger partial charge in [-0.05, 0) is 19.3 Å². The van der Waals surface area contributed by atoms with Crippen molar-refractivity contribution in [1.82, 2.24) is 10.2 Å². The van der Waals surface area contributed by atoms with Gasteiger partial charge < -0.3 is 4.74 Å². The van der Waals surface area contributed by atoms with E-state index in [1.54, 1.807) is 6.20 Å². The van der Waals surface area contributed by atoms with E-state index in [9.17, 15) is 13.2 Å². The van der Waals surface area contributed by atoms with Crippen molar-refractivity contribution >= 4 is 21.8 Å². The number of nitrogens with zero attached hydrogens (tertiary/aromatic N) is 1. The molecule has 2 rings (SSSR count). The number of rotatable bonds is 5. The van der Waals surface area contributed by atoms with Gasteiger partial charge in [-0.2, -0.15) is 5.10 Å². The number of hydrogen-bond acceptors (Lipinski definition) is 5. The van der Waals surface area contributed by atoms with Gasteiger partial charge >= 0.3 is 5.97 Å². The monoisotopic (exact) mass is 301 g/mol. The molecule has 2 unspecified atom stereocenters. The average molecular weight is 301 g/mol. The minimum atomic E-state index is -3.64. The molecule has 7 nitrogen and oxygen atoms in total. The van der Waals surface area contributed by atoms with Crippen molar-refractivity contribution in [3.05, 3.63) is 11.8 Å². The standard InChI is InChI=1S/C12H19N3O4S/c1-3-8-7-13-14-11(8)15-20(17,18)10-6-4-5-9(10)12(16)19-2/h7,9-10H,3-6H2,1-2H3,(H2,13,14,15). The summed E-state index contributed by atoms with van der Waals surface area (Å²) in [7, 11) is -2.36. The van der Waals surface area contributed by atoms with Crippen LogP contribution in [-0.4, -0.2) is 36.9 Å². The molecule has 1 heterocycles. The van der Waals surface area contributed by atoms with Crippen LogP contribution in [0.25, 0.3) is 0 Å². The summed E-state index contributed by atoms with van der Waals surface area (Å²) in [5.74, 6) is -0.674. The van der Waals surface area contributed by atoms with Crippen molar-refractivity contribution in [2.45, 2.75) is 37.9 Å². The first kappa shape index (κ1) is 14.8. The van der Waals surface area contributed by atoms with Crippen molar-refractivity contribution in [3.8, 4) is 0 Å². The van der Waals surface area contributed by atoms with Crippen LogP contribution in [0.3, 0.4) is 0 Å². The van der Waals surface area contributed by atoms with Crippen molar-refractivity contribution in [2.24, 2.45) is 5.92 Å². The number of carbonyl (C=O) groups excluding carboxylic acids is 1. The highest BCUT2D eigenvalue weighted by atomic mass is 32.2. The average Bonchev–Trinajstić information content (AvgIpc) is 3.05. The Morgan fingerprint density at radius 2 is 2.30 bits per heavy atom. The quantitative estimate of drug-likeness (QED) is 0.792. The molecule has 2 atom stereocenters. The van der Waals surface area contributed by atoms with E-state index in [-0.39, 0.29) is 0 Å². The van der Waals surface area contributed by atoms with Gasteiger partial charge in [-0.15, -0.1) is 0 Å². The smallest absolute Gasteiger partial charge is 0.310 e. The number of aryl methyl sites for hydroxylation is 1. The number of anilines is 1. The van der Waals surface area contributed by atoms with Gasteiger partial charge in [0.25, 0.3) is 0 Å². The van der Waals surface area contributed by atoms with E-state index in [2.05, 4.69) is 19.7 Å². The zero-order valence-corrected chi connectivity index (χ0v) is 12.4. The van der Waals surface area contributed by atoms with Gasteiger partial charge in [-0.1, -0.05) is 13.3 Å². The number of hydrogen-bond donors (Lipinski definition) is 2. The predicted octanol–water partition coefficient (Wildman–Crippen LogP) is 1.06. The number of H-pyrrole nitrogens is 1. The fraction of sp³-hybridized carbons (Fsp3) is 0.667. The molecule has 20 heavy (non-hydrogen) atoms. The fourth-order valence-corrected chi connectivity index (χ4v) is 4.37. The second-order valence-corrected chi connectivity index (χ2v) is 6.77. The molecule has 1 saturated carbocycles. The Balaban J connectivity index is 2.20. The Kier molecular flexibility index (Phi) is 4.32. The Bertz CT molecular complexity index is 581. The summed E-state index contributed by atoms with van der Waals surface area (Å²) in [5, 5.41) is 5.72. The third-order valence-corrected chi connectivity index (χ3v) is 5.55. The van der Waals surface area contributed by atoms with Crippen LogP contribution < -0.4 is 4.72 Å². The summed E-state index contributed by atoms with van der Waals surface area (Å²) in [6.07, 6.45) is 3.96. The SMILES string of the molecule is CCc1cn[nH]c1NS(=O)(=O)C1CCCC1C(=O)OC. The first-order valence-corrected chi connectivity index (χ1v) is 8.16. The van der Waals surface area contributed by atoms with Gasteiger partial charge in [0.2, 0.25) is 10.0 Å². The summed E-state index contributed by atoms with van der Waals surface area (Å²) in [6.45, 7) is 1.91. The molecule has 0 aromatic carbocycles. The molecular formula is C12H19N3O4S. The first-order chi connectivity index (χ1) is 9.49. The van der Waals surface area contributed by atoms with Crippen molar-refractivity contribution in [1.29, 1.82) is 0 Å². The number of carbonyl (C=O) groups is 1. The predicted molar refractivity (Wildman–Crippen MR) is 73.7 cm³/mol. The molecule has 0 spiro atoms. The van der Waals surface area contributed by atoms with E-state index in [1.807, 2.05) is 6.92 Å². The third kappa shape index (κ3) is 2.79. The summed E-state index contributed by atoms with van der Waals surface area (Å²) in [4.78, 5) is 11.7. The number of esters is 1. The molecule has 1 aliphatic carbocycles. The summed E-state index contributed by atoms with van der Waals surface area (Å²) in [5.41, 5.74) is 0.793. The number of ether oxygens (including phenoxy) is 1. The van der Waals surface area contributed by atoms with E-state index < -0.39 is 27.2 Å². The largest absolute Gasteiger partial charge is 0.469 e. The van der Waals surface area contributed by atoms with Crippen LogP contribution in [0, 0.1) is 5.92 Å². The Labute approximate surface area is 118 Å². The molecular weight excluding hydrogens is 282 g/mol. The lowest BCUT2D eigenvalue weighted by molar-refractivity contribution is -0.145. The lowest BCUT2D eigenvalue weighted by Gasteiger charge is -2.18. The van der Waals surface area contributed by atoms with Crippen LogP contribution in [-0.2, 0) is 26.0 Å². The second kappa shape index (κ2) is 5.82. The van der Waals surface area contributed by atoms with Crippen LogP contribution in [0.15, 0.2) is 6.20 Å². The van der Waals surface area contributed by atoms with Gasteiger partial charge in [-0.25, -0.2) is 8.42 Å². The van der Waals surface area contributed by atoms with Crippen LogP contribution in [0.5, 0.6) is 0 Å². The molecule has 0 amide bonds. The number of nitrogens with one attached hydrogen (secondary N) is 2. The molecule has 1 fully saturated rings. The maximum absolute atomic E-state index is 12.4. The molecule has 0 saturated heterocycles. The number of aromatic amines is 1. The van der Waals surface area contributed by atoms with Crippen molar-refractivity contribution in [3.63, 3.8) is 0 Å². The number of methoxy groups -OCH3 is 1. The summed E-state index contributed by atoms with van der Waals surface area (Å²) in [6, 6.07) is 0. The van der Waals surface area contributed by atoms with Gasteiger partial charge in [0.05, 0.1) is 24.5 Å². The van der Waals surface area contributed by atoms with E-state index in [1.165, 1.54) is 7.11 Å².